The SMILES string of the molecule is CC(CCc1ccccc1)NC(C)c1ccc(F)cc1Cl. The average molecular weight is 306 g/mol. The van der Waals surface area contributed by atoms with Crippen LogP contribution in [0.15, 0.2) is 48.5 Å². The zero-order chi connectivity index (χ0) is 15.2. The van der Waals surface area contributed by atoms with E-state index >= 15 is 0 Å². The number of hydrogen-bond acceptors (Lipinski definition) is 1. The number of nitrogens with one attached hydrogen (secondary N) is 1. The highest BCUT2D eigenvalue weighted by atomic mass is 35.5. The molecule has 3 heteroatoms. The highest BCUT2D eigenvalue weighted by molar-refractivity contribution is 6.31. The zero-order valence-electron chi connectivity index (χ0n) is 12.4. The van der Waals surface area contributed by atoms with E-state index in [4.69, 9.17) is 11.6 Å². The van der Waals surface area contributed by atoms with Crippen LogP contribution in [0.1, 0.15) is 37.4 Å². The van der Waals surface area contributed by atoms with Crippen molar-refractivity contribution in [2.45, 2.75) is 38.8 Å². The minimum absolute atomic E-state index is 0.101. The molecule has 0 aromatic heterocycles. The number of rotatable bonds is 6. The molecule has 0 aliphatic heterocycles. The molecule has 1 nitrogen and oxygen atoms in total. The van der Waals surface area contributed by atoms with Crippen molar-refractivity contribution >= 4 is 11.6 Å². The molecule has 0 saturated carbocycles. The van der Waals surface area contributed by atoms with Gasteiger partial charge in [0.25, 0.3) is 0 Å². The molecule has 0 radical (unpaired) electrons. The van der Waals surface area contributed by atoms with Gasteiger partial charge in [0.2, 0.25) is 0 Å². The lowest BCUT2D eigenvalue weighted by Crippen LogP contribution is -2.29. The minimum Gasteiger partial charge on any atom is -0.308 e. The molecule has 0 heterocycles. The highest BCUT2D eigenvalue weighted by Gasteiger charge is 2.13. The Bertz CT molecular complexity index is 571. The van der Waals surface area contributed by atoms with E-state index in [0.717, 1.165) is 18.4 Å². The van der Waals surface area contributed by atoms with E-state index in [-0.39, 0.29) is 11.9 Å². The highest BCUT2D eigenvalue weighted by Crippen LogP contribution is 2.24. The Morgan fingerprint density at radius 3 is 2.48 bits per heavy atom. The maximum atomic E-state index is 13.1. The molecule has 2 unspecified atom stereocenters. The van der Waals surface area contributed by atoms with E-state index in [1.165, 1.54) is 17.7 Å². The van der Waals surface area contributed by atoms with Crippen molar-refractivity contribution in [2.75, 3.05) is 0 Å². The predicted octanol–water partition coefficient (Wildman–Crippen LogP) is 5.15. The van der Waals surface area contributed by atoms with Gasteiger partial charge in [-0.3, -0.25) is 0 Å². The average Bonchev–Trinajstić information content (AvgIpc) is 2.46. The summed E-state index contributed by atoms with van der Waals surface area (Å²) in [6, 6.07) is 15.5. The summed E-state index contributed by atoms with van der Waals surface area (Å²) in [4.78, 5) is 0. The van der Waals surface area contributed by atoms with Crippen LogP contribution in [0, 0.1) is 5.82 Å². The quantitative estimate of drug-likeness (QED) is 0.778. The van der Waals surface area contributed by atoms with Crippen LogP contribution in [0.5, 0.6) is 0 Å². The third-order valence-corrected chi connectivity index (χ3v) is 4.00. The van der Waals surface area contributed by atoms with Crippen molar-refractivity contribution in [2.24, 2.45) is 0 Å². The normalized spacial score (nSPS) is 13.9. The molecule has 112 valence electrons. The van der Waals surface area contributed by atoms with Gasteiger partial charge in [-0.2, -0.15) is 0 Å². The van der Waals surface area contributed by atoms with E-state index in [2.05, 4.69) is 43.4 Å². The lowest BCUT2D eigenvalue weighted by molar-refractivity contribution is 0.456. The van der Waals surface area contributed by atoms with Gasteiger partial charge in [0, 0.05) is 17.1 Å². The maximum absolute atomic E-state index is 13.1. The minimum atomic E-state index is -0.298. The van der Waals surface area contributed by atoms with Gasteiger partial charge in [-0.15, -0.1) is 0 Å². The zero-order valence-corrected chi connectivity index (χ0v) is 13.2. The third-order valence-electron chi connectivity index (χ3n) is 3.67. The molecular formula is C18H21ClFN. The summed E-state index contributed by atoms with van der Waals surface area (Å²) in [6.45, 7) is 4.22. The van der Waals surface area contributed by atoms with Crippen molar-refractivity contribution < 1.29 is 4.39 Å². The van der Waals surface area contributed by atoms with Crippen molar-refractivity contribution in [3.63, 3.8) is 0 Å². The summed E-state index contributed by atoms with van der Waals surface area (Å²) < 4.78 is 13.1. The summed E-state index contributed by atoms with van der Waals surface area (Å²) in [5.74, 6) is -0.298. The lowest BCUT2D eigenvalue weighted by Gasteiger charge is -2.21. The standard InChI is InChI=1S/C18H21ClFN/c1-13(8-9-15-6-4-3-5-7-15)21-14(2)17-11-10-16(20)12-18(17)19/h3-7,10-14,21H,8-9H2,1-2H3. The summed E-state index contributed by atoms with van der Waals surface area (Å²) >= 11 is 6.10. The molecule has 2 aromatic rings. The molecule has 21 heavy (non-hydrogen) atoms. The van der Waals surface area contributed by atoms with Gasteiger partial charge >= 0.3 is 0 Å². The van der Waals surface area contributed by atoms with Gasteiger partial charge in [-0.25, -0.2) is 4.39 Å². The second-order valence-electron chi connectivity index (χ2n) is 5.48. The fraction of sp³-hybridized carbons (Fsp3) is 0.333. The molecule has 0 saturated heterocycles. The molecule has 0 bridgehead atoms. The molecule has 0 amide bonds. The van der Waals surface area contributed by atoms with Gasteiger partial charge in [0.15, 0.2) is 0 Å². The Kier molecular flexibility index (Phi) is 5.77. The summed E-state index contributed by atoms with van der Waals surface area (Å²) in [6.07, 6.45) is 2.09. The van der Waals surface area contributed by atoms with Crippen LogP contribution in [0.3, 0.4) is 0 Å². The summed E-state index contributed by atoms with van der Waals surface area (Å²) in [5.41, 5.74) is 2.28. The maximum Gasteiger partial charge on any atom is 0.124 e. The van der Waals surface area contributed by atoms with Crippen LogP contribution in [-0.2, 0) is 6.42 Å². The second-order valence-corrected chi connectivity index (χ2v) is 5.89. The third kappa shape index (κ3) is 4.83. The first-order valence-electron chi connectivity index (χ1n) is 7.31. The molecule has 1 N–H and O–H groups in total. The monoisotopic (exact) mass is 305 g/mol. The van der Waals surface area contributed by atoms with E-state index in [9.17, 15) is 4.39 Å². The van der Waals surface area contributed by atoms with E-state index in [0.29, 0.717) is 11.1 Å². The van der Waals surface area contributed by atoms with Gasteiger partial charge in [0.05, 0.1) is 0 Å². The van der Waals surface area contributed by atoms with Gasteiger partial charge < -0.3 is 5.32 Å². The summed E-state index contributed by atoms with van der Waals surface area (Å²) in [7, 11) is 0. The smallest absolute Gasteiger partial charge is 0.124 e. The van der Waals surface area contributed by atoms with Crippen molar-refractivity contribution in [3.05, 3.63) is 70.5 Å². The van der Waals surface area contributed by atoms with E-state index < -0.39 is 0 Å². The Morgan fingerprint density at radius 2 is 1.81 bits per heavy atom. The fourth-order valence-corrected chi connectivity index (χ4v) is 2.81. The van der Waals surface area contributed by atoms with Crippen LogP contribution < -0.4 is 5.32 Å². The molecule has 2 rings (SSSR count). The molecule has 2 aromatic carbocycles. The molecule has 0 spiro atoms. The summed E-state index contributed by atoms with van der Waals surface area (Å²) in [5, 5.41) is 4.00. The first-order chi connectivity index (χ1) is 10.1. The number of halogens is 2. The molecule has 0 aliphatic carbocycles. The van der Waals surface area contributed by atoms with Crippen molar-refractivity contribution in [1.29, 1.82) is 0 Å². The van der Waals surface area contributed by atoms with Gasteiger partial charge in [-0.1, -0.05) is 48.0 Å². The van der Waals surface area contributed by atoms with Crippen LogP contribution in [0.4, 0.5) is 4.39 Å². The van der Waals surface area contributed by atoms with Crippen LogP contribution >= 0.6 is 11.6 Å². The fourth-order valence-electron chi connectivity index (χ4n) is 2.48. The lowest BCUT2D eigenvalue weighted by atomic mass is 10.0. The first-order valence-corrected chi connectivity index (χ1v) is 7.69. The number of aryl methyl sites for hydroxylation is 1. The number of hydrogen-bond donors (Lipinski definition) is 1. The number of benzene rings is 2. The van der Waals surface area contributed by atoms with Crippen LogP contribution in [0.2, 0.25) is 5.02 Å². The second kappa shape index (κ2) is 7.58. The Balaban J connectivity index is 1.88. The first kappa shape index (κ1) is 16.0. The van der Waals surface area contributed by atoms with Crippen molar-refractivity contribution in [1.82, 2.24) is 5.32 Å². The topological polar surface area (TPSA) is 12.0 Å². The molecular weight excluding hydrogens is 285 g/mol. The largest absolute Gasteiger partial charge is 0.308 e. The molecule has 0 aliphatic rings. The Morgan fingerprint density at radius 1 is 1.10 bits per heavy atom. The van der Waals surface area contributed by atoms with Crippen LogP contribution in [-0.4, -0.2) is 6.04 Å². The molecule has 2 atom stereocenters. The Hall–Kier alpha value is -1.38. The Labute approximate surface area is 131 Å². The van der Waals surface area contributed by atoms with Crippen LogP contribution in [0.25, 0.3) is 0 Å². The van der Waals surface area contributed by atoms with Gasteiger partial charge in [-0.05, 0) is 49.9 Å². The van der Waals surface area contributed by atoms with E-state index in [1.54, 1.807) is 6.07 Å². The van der Waals surface area contributed by atoms with Crippen molar-refractivity contribution in [3.8, 4) is 0 Å². The van der Waals surface area contributed by atoms with Gasteiger partial charge in [0.1, 0.15) is 5.82 Å². The van der Waals surface area contributed by atoms with E-state index in [1.807, 2.05) is 6.07 Å². The predicted molar refractivity (Wildman–Crippen MR) is 87.2 cm³/mol. The molecule has 0 fully saturated rings.